The number of rotatable bonds is 4. The highest BCUT2D eigenvalue weighted by molar-refractivity contribution is 5.89. The topological polar surface area (TPSA) is 29.5 Å². The van der Waals surface area contributed by atoms with Crippen LogP contribution in [0.3, 0.4) is 0 Å². The van der Waals surface area contributed by atoms with Crippen LogP contribution < -0.4 is 0 Å². The minimum atomic E-state index is -0.546. The zero-order valence-electron chi connectivity index (χ0n) is 14.4. The van der Waals surface area contributed by atoms with Crippen molar-refractivity contribution < 1.29 is 9.53 Å². The van der Waals surface area contributed by atoms with Gasteiger partial charge >= 0.3 is 5.97 Å². The Kier molecular flexibility index (Phi) is 5.00. The number of likely N-dealkylation sites (tertiary alicyclic amines) is 1. The van der Waals surface area contributed by atoms with Crippen LogP contribution in [-0.2, 0) is 10.3 Å². The number of piperidine rings is 1. The van der Waals surface area contributed by atoms with Crippen molar-refractivity contribution in [2.75, 3.05) is 20.1 Å². The molecule has 0 spiro atoms. The highest BCUT2D eigenvalue weighted by Crippen LogP contribution is 2.42. The second-order valence-corrected chi connectivity index (χ2v) is 6.63. The first-order valence-electron chi connectivity index (χ1n) is 8.68. The van der Waals surface area contributed by atoms with Gasteiger partial charge in [0.2, 0.25) is 0 Å². The second kappa shape index (κ2) is 7.18. The largest absolute Gasteiger partial charge is 0.450 e. The number of esters is 1. The van der Waals surface area contributed by atoms with E-state index in [0.717, 1.165) is 31.5 Å². The van der Waals surface area contributed by atoms with Crippen LogP contribution >= 0.6 is 0 Å². The third-order valence-electron chi connectivity index (χ3n) is 5.10. The van der Waals surface area contributed by atoms with Crippen molar-refractivity contribution >= 4 is 5.97 Å². The van der Waals surface area contributed by atoms with Crippen molar-refractivity contribution in [2.45, 2.75) is 25.4 Å². The monoisotopic (exact) mass is 323 g/mol. The van der Waals surface area contributed by atoms with E-state index >= 15 is 0 Å². The van der Waals surface area contributed by atoms with Crippen molar-refractivity contribution in [3.05, 3.63) is 71.8 Å². The molecule has 1 saturated heterocycles. The lowest BCUT2D eigenvalue weighted by atomic mass is 9.74. The third-order valence-corrected chi connectivity index (χ3v) is 5.10. The first-order chi connectivity index (χ1) is 11.7. The van der Waals surface area contributed by atoms with E-state index in [1.54, 1.807) is 0 Å². The lowest BCUT2D eigenvalue weighted by molar-refractivity contribution is -0.0915. The molecule has 3 heteroatoms. The van der Waals surface area contributed by atoms with Gasteiger partial charge in [0.15, 0.2) is 0 Å². The summed E-state index contributed by atoms with van der Waals surface area (Å²) >= 11 is 0. The maximum absolute atomic E-state index is 12.8. The van der Waals surface area contributed by atoms with Crippen molar-refractivity contribution in [2.24, 2.45) is 5.92 Å². The van der Waals surface area contributed by atoms with Gasteiger partial charge in [-0.1, -0.05) is 55.5 Å². The molecule has 0 amide bonds. The number of benzene rings is 2. The summed E-state index contributed by atoms with van der Waals surface area (Å²) in [7, 11) is 2.14. The molecule has 126 valence electrons. The zero-order valence-corrected chi connectivity index (χ0v) is 14.4. The minimum absolute atomic E-state index is 0.234. The highest BCUT2D eigenvalue weighted by atomic mass is 16.6. The summed E-state index contributed by atoms with van der Waals surface area (Å²) in [6, 6.07) is 19.5. The van der Waals surface area contributed by atoms with Crippen molar-refractivity contribution in [1.82, 2.24) is 4.90 Å². The van der Waals surface area contributed by atoms with Gasteiger partial charge in [-0.15, -0.1) is 0 Å². The van der Waals surface area contributed by atoms with E-state index in [9.17, 15) is 4.79 Å². The van der Waals surface area contributed by atoms with E-state index in [1.165, 1.54) is 0 Å². The van der Waals surface area contributed by atoms with E-state index in [-0.39, 0.29) is 11.9 Å². The molecule has 2 aromatic rings. The van der Waals surface area contributed by atoms with E-state index in [4.69, 9.17) is 4.74 Å². The fourth-order valence-corrected chi connectivity index (χ4v) is 3.73. The Bertz CT molecular complexity index is 671. The number of hydrogen-bond acceptors (Lipinski definition) is 3. The fourth-order valence-electron chi connectivity index (χ4n) is 3.73. The molecule has 1 fully saturated rings. The van der Waals surface area contributed by atoms with Gasteiger partial charge in [-0.05, 0) is 31.2 Å². The third kappa shape index (κ3) is 3.22. The van der Waals surface area contributed by atoms with Gasteiger partial charge in [0.1, 0.15) is 5.60 Å². The van der Waals surface area contributed by atoms with E-state index < -0.39 is 5.60 Å². The molecule has 1 aliphatic heterocycles. The molecule has 0 aromatic heterocycles. The molecule has 0 bridgehead atoms. The van der Waals surface area contributed by atoms with Gasteiger partial charge in [0.25, 0.3) is 0 Å². The standard InChI is InChI=1S/C21H25NO2/c1-3-18-16-22(2)15-14-21(18,19-12-8-5-9-13-19)24-20(23)17-10-6-4-7-11-17/h4-13,18H,3,14-16H2,1-2H3/t18-,21+/m0/s1. The van der Waals surface area contributed by atoms with Crippen LogP contribution in [0.25, 0.3) is 0 Å². The summed E-state index contributed by atoms with van der Waals surface area (Å²) < 4.78 is 6.24. The Hall–Kier alpha value is -2.13. The van der Waals surface area contributed by atoms with Gasteiger partial charge in [-0.25, -0.2) is 4.79 Å². The van der Waals surface area contributed by atoms with Crippen LogP contribution in [0.2, 0.25) is 0 Å². The van der Waals surface area contributed by atoms with Crippen LogP contribution in [-0.4, -0.2) is 31.0 Å². The lowest BCUT2D eigenvalue weighted by Gasteiger charge is -2.46. The molecule has 2 aromatic carbocycles. The van der Waals surface area contributed by atoms with Gasteiger partial charge in [-0.2, -0.15) is 0 Å². The number of ether oxygens (including phenoxy) is 1. The molecular formula is C21H25NO2. The molecule has 1 heterocycles. The van der Waals surface area contributed by atoms with E-state index in [1.807, 2.05) is 48.5 Å². The van der Waals surface area contributed by atoms with Crippen molar-refractivity contribution in [3.63, 3.8) is 0 Å². The van der Waals surface area contributed by atoms with Crippen LogP contribution in [0, 0.1) is 5.92 Å². The van der Waals surface area contributed by atoms with Crippen LogP contribution in [0.1, 0.15) is 35.7 Å². The van der Waals surface area contributed by atoms with Gasteiger partial charge in [0, 0.05) is 25.4 Å². The smallest absolute Gasteiger partial charge is 0.339 e. The maximum atomic E-state index is 12.8. The molecule has 1 aliphatic rings. The molecule has 0 unspecified atom stereocenters. The minimum Gasteiger partial charge on any atom is -0.450 e. The van der Waals surface area contributed by atoms with Gasteiger partial charge in [-0.3, -0.25) is 0 Å². The second-order valence-electron chi connectivity index (χ2n) is 6.63. The van der Waals surface area contributed by atoms with Gasteiger partial charge in [0.05, 0.1) is 5.56 Å². The Morgan fingerprint density at radius 1 is 1.12 bits per heavy atom. The number of carbonyl (C=O) groups is 1. The summed E-state index contributed by atoms with van der Waals surface area (Å²) in [6.45, 7) is 4.04. The first-order valence-corrected chi connectivity index (χ1v) is 8.68. The molecule has 0 N–H and O–H groups in total. The summed E-state index contributed by atoms with van der Waals surface area (Å²) in [5, 5.41) is 0. The lowest BCUT2D eigenvalue weighted by Crippen LogP contribution is -2.51. The SMILES string of the molecule is CC[C@H]1CN(C)CC[C@]1(OC(=O)c1ccccc1)c1ccccc1. The molecule has 0 saturated carbocycles. The molecule has 2 atom stereocenters. The van der Waals surface area contributed by atoms with Gasteiger partial charge < -0.3 is 9.64 Å². The van der Waals surface area contributed by atoms with Crippen LogP contribution in [0.15, 0.2) is 60.7 Å². The fraction of sp³-hybridized carbons (Fsp3) is 0.381. The molecule has 3 rings (SSSR count). The molecule has 0 aliphatic carbocycles. The zero-order chi connectivity index (χ0) is 17.0. The van der Waals surface area contributed by atoms with Crippen LogP contribution in [0.5, 0.6) is 0 Å². The quantitative estimate of drug-likeness (QED) is 0.793. The van der Waals surface area contributed by atoms with Crippen molar-refractivity contribution in [1.29, 1.82) is 0 Å². The first kappa shape index (κ1) is 16.7. The summed E-state index contributed by atoms with van der Waals surface area (Å²) in [4.78, 5) is 15.1. The number of hydrogen-bond donors (Lipinski definition) is 0. The number of carbonyl (C=O) groups excluding carboxylic acids is 1. The Morgan fingerprint density at radius 3 is 2.38 bits per heavy atom. The molecule has 3 nitrogen and oxygen atoms in total. The predicted molar refractivity (Wildman–Crippen MR) is 95.9 cm³/mol. The summed E-state index contributed by atoms with van der Waals surface area (Å²) in [6.07, 6.45) is 1.80. The Balaban J connectivity index is 1.98. The highest BCUT2D eigenvalue weighted by Gasteiger charge is 2.46. The predicted octanol–water partition coefficient (Wildman–Crippen LogP) is 4.10. The number of nitrogens with zero attached hydrogens (tertiary/aromatic N) is 1. The summed E-state index contributed by atoms with van der Waals surface area (Å²) in [5.41, 5.74) is 1.17. The Morgan fingerprint density at radius 2 is 1.75 bits per heavy atom. The average Bonchev–Trinajstić information content (AvgIpc) is 2.64. The maximum Gasteiger partial charge on any atom is 0.339 e. The molecule has 0 radical (unpaired) electrons. The van der Waals surface area contributed by atoms with E-state index in [2.05, 4.69) is 31.0 Å². The summed E-state index contributed by atoms with van der Waals surface area (Å²) in [5.74, 6) is 0.0498. The van der Waals surface area contributed by atoms with Crippen molar-refractivity contribution in [3.8, 4) is 0 Å². The molecular weight excluding hydrogens is 298 g/mol. The van der Waals surface area contributed by atoms with E-state index in [0.29, 0.717) is 5.56 Å². The molecule has 24 heavy (non-hydrogen) atoms. The Labute approximate surface area is 144 Å². The normalized spacial score (nSPS) is 24.5. The van der Waals surface area contributed by atoms with Crippen LogP contribution in [0.4, 0.5) is 0 Å². The average molecular weight is 323 g/mol.